The van der Waals surface area contributed by atoms with Gasteiger partial charge < -0.3 is 35.1 Å². The molecule has 5 N–H and O–H groups in total. The molecule has 0 aliphatic carbocycles. The van der Waals surface area contributed by atoms with Crippen molar-refractivity contribution in [1.29, 1.82) is 0 Å². The maximum absolute atomic E-state index is 13.8. The summed E-state index contributed by atoms with van der Waals surface area (Å²) >= 11 is 0. The number of esters is 1. The summed E-state index contributed by atoms with van der Waals surface area (Å²) in [5, 5.41) is 36.9. The molecule has 10 nitrogen and oxygen atoms in total. The number of nitrogens with one attached hydrogen (secondary N) is 2. The van der Waals surface area contributed by atoms with Gasteiger partial charge in [-0.1, -0.05) is 105 Å². The minimum atomic E-state index is -1.97. The van der Waals surface area contributed by atoms with Gasteiger partial charge in [-0.3, -0.25) is 9.69 Å². The maximum Gasteiger partial charge on any atom is 0.347 e. The minimum Gasteiger partial charge on any atom is -0.506 e. The van der Waals surface area contributed by atoms with Gasteiger partial charge in [0.2, 0.25) is 11.2 Å². The van der Waals surface area contributed by atoms with Gasteiger partial charge in [0.05, 0.1) is 24.8 Å². The predicted molar refractivity (Wildman–Crippen MR) is 219 cm³/mol. The molecule has 0 spiro atoms. The number of fused-ring (bicyclic) bond motifs is 1. The number of phenolic OH excluding ortho intramolecular Hbond substituents is 1. The highest BCUT2D eigenvalue weighted by molar-refractivity contribution is 5.87. The van der Waals surface area contributed by atoms with Crippen LogP contribution in [-0.4, -0.2) is 70.6 Å². The minimum absolute atomic E-state index is 0.0230. The topological polar surface area (TPSA) is 144 Å². The molecule has 2 heterocycles. The standard InChI is InChI=1S/C46H55N3O7/c50-41-22-20-39(40-21-23-43(52)48-44(40)41)42(51)31-47-26-11-3-1-2-4-12-29-55-38-19-13-18-37(30-38)46(54,36-16-9-6-10-17-36)45(53)56-33-35-24-27-49(28-25-35)32-34-14-7-5-8-15-34/h5-10,13-23,30,35,42,47,50-51,54H,1-4,11-12,24-29,31-33H2,(H,48,52). The molecule has 1 fully saturated rings. The van der Waals surface area contributed by atoms with Crippen LogP contribution in [0, 0.1) is 5.92 Å². The first-order valence-electron chi connectivity index (χ1n) is 20.0. The molecule has 2 unspecified atom stereocenters. The summed E-state index contributed by atoms with van der Waals surface area (Å²) in [6.45, 7) is 4.75. The molecule has 0 radical (unpaired) electrons. The average molecular weight is 762 g/mol. The molecule has 296 valence electrons. The van der Waals surface area contributed by atoms with Crippen LogP contribution in [0.4, 0.5) is 0 Å². The van der Waals surface area contributed by atoms with Gasteiger partial charge in [0.15, 0.2) is 0 Å². The molecule has 1 aliphatic rings. The van der Waals surface area contributed by atoms with Crippen molar-refractivity contribution in [2.45, 2.75) is 69.6 Å². The van der Waals surface area contributed by atoms with Gasteiger partial charge >= 0.3 is 5.97 Å². The fourth-order valence-corrected chi connectivity index (χ4v) is 7.49. The van der Waals surface area contributed by atoms with E-state index in [4.69, 9.17) is 9.47 Å². The Morgan fingerprint density at radius 2 is 1.54 bits per heavy atom. The van der Waals surface area contributed by atoms with E-state index in [0.717, 1.165) is 77.5 Å². The van der Waals surface area contributed by atoms with E-state index in [1.807, 2.05) is 30.3 Å². The number of likely N-dealkylation sites (tertiary alicyclic amines) is 1. The summed E-state index contributed by atoms with van der Waals surface area (Å²) < 4.78 is 12.0. The number of pyridine rings is 1. The molecular formula is C46H55N3O7. The fourth-order valence-electron chi connectivity index (χ4n) is 7.49. The summed E-state index contributed by atoms with van der Waals surface area (Å²) in [5.74, 6) is 0.136. The fraction of sp³-hybridized carbons (Fsp3) is 0.391. The second kappa shape index (κ2) is 20.2. The third kappa shape index (κ3) is 10.9. The number of aromatic hydroxyl groups is 1. The molecule has 56 heavy (non-hydrogen) atoms. The number of aromatic nitrogens is 1. The molecule has 0 bridgehead atoms. The lowest BCUT2D eigenvalue weighted by atomic mass is 9.86. The van der Waals surface area contributed by atoms with Crippen LogP contribution in [0.5, 0.6) is 11.5 Å². The van der Waals surface area contributed by atoms with Crippen LogP contribution in [-0.2, 0) is 21.7 Å². The van der Waals surface area contributed by atoms with Gasteiger partial charge in [0.25, 0.3) is 0 Å². The third-order valence-corrected chi connectivity index (χ3v) is 10.8. The number of piperidine rings is 1. The zero-order valence-corrected chi connectivity index (χ0v) is 32.1. The first-order chi connectivity index (χ1) is 27.3. The number of hydrogen-bond donors (Lipinski definition) is 5. The van der Waals surface area contributed by atoms with E-state index in [0.29, 0.717) is 46.5 Å². The first-order valence-corrected chi connectivity index (χ1v) is 20.0. The SMILES string of the molecule is O=C(OCC1CCN(Cc2ccccc2)CC1)C(O)(c1ccccc1)c1cccc(OCCCCCCCCNCC(O)c2ccc(O)c3[nH]c(=O)ccc23)c1. The maximum atomic E-state index is 13.8. The van der Waals surface area contributed by atoms with Crippen LogP contribution < -0.4 is 15.6 Å². The third-order valence-electron chi connectivity index (χ3n) is 10.8. The number of aromatic amines is 1. The van der Waals surface area contributed by atoms with Crippen molar-refractivity contribution in [3.05, 3.63) is 142 Å². The summed E-state index contributed by atoms with van der Waals surface area (Å²) in [5.41, 5.74) is 0.879. The zero-order chi connectivity index (χ0) is 39.2. The molecule has 2 atom stereocenters. The van der Waals surface area contributed by atoms with E-state index in [1.54, 1.807) is 42.5 Å². The Kier molecular flexibility index (Phi) is 14.7. The Morgan fingerprint density at radius 1 is 0.839 bits per heavy atom. The van der Waals surface area contributed by atoms with E-state index in [2.05, 4.69) is 39.5 Å². The number of benzene rings is 4. The van der Waals surface area contributed by atoms with Gasteiger partial charge in [-0.15, -0.1) is 0 Å². The lowest BCUT2D eigenvalue weighted by molar-refractivity contribution is -0.164. The number of hydrogen-bond acceptors (Lipinski definition) is 9. The molecule has 1 aromatic heterocycles. The number of H-pyrrole nitrogens is 1. The Morgan fingerprint density at radius 3 is 2.30 bits per heavy atom. The Labute approximate surface area is 329 Å². The van der Waals surface area contributed by atoms with Crippen molar-refractivity contribution >= 4 is 16.9 Å². The molecule has 5 aromatic rings. The Bertz CT molecular complexity index is 2030. The van der Waals surface area contributed by atoms with Crippen molar-refractivity contribution in [3.63, 3.8) is 0 Å². The van der Waals surface area contributed by atoms with E-state index < -0.39 is 17.7 Å². The number of aliphatic hydroxyl groups excluding tert-OH is 1. The summed E-state index contributed by atoms with van der Waals surface area (Å²) in [6, 6.07) is 32.8. The molecule has 4 aromatic carbocycles. The number of rotatable bonds is 20. The molecule has 1 aliphatic heterocycles. The summed E-state index contributed by atoms with van der Waals surface area (Å²) in [7, 11) is 0. The number of carbonyl (C=O) groups is 1. The predicted octanol–water partition coefficient (Wildman–Crippen LogP) is 6.97. The number of nitrogens with zero attached hydrogens (tertiary/aromatic N) is 1. The smallest absolute Gasteiger partial charge is 0.347 e. The van der Waals surface area contributed by atoms with Gasteiger partial charge in [-0.25, -0.2) is 4.79 Å². The van der Waals surface area contributed by atoms with Crippen LogP contribution in [0.3, 0.4) is 0 Å². The molecule has 10 heteroatoms. The quantitative estimate of drug-likeness (QED) is 0.0420. The second-order valence-electron chi connectivity index (χ2n) is 14.9. The number of ether oxygens (including phenoxy) is 2. The van der Waals surface area contributed by atoms with Crippen molar-refractivity contribution in [3.8, 4) is 11.5 Å². The highest BCUT2D eigenvalue weighted by atomic mass is 16.5. The monoisotopic (exact) mass is 761 g/mol. The van der Waals surface area contributed by atoms with E-state index in [9.17, 15) is 24.9 Å². The van der Waals surface area contributed by atoms with Crippen LogP contribution in [0.25, 0.3) is 10.9 Å². The largest absolute Gasteiger partial charge is 0.506 e. The normalized spacial score (nSPS) is 15.3. The number of aliphatic hydroxyl groups is 2. The van der Waals surface area contributed by atoms with Gasteiger partial charge in [0.1, 0.15) is 11.5 Å². The highest BCUT2D eigenvalue weighted by Crippen LogP contribution is 2.34. The molecule has 6 rings (SSSR count). The zero-order valence-electron chi connectivity index (χ0n) is 32.1. The lowest BCUT2D eigenvalue weighted by Crippen LogP contribution is -2.40. The van der Waals surface area contributed by atoms with Crippen LogP contribution >= 0.6 is 0 Å². The lowest BCUT2D eigenvalue weighted by Gasteiger charge is -2.33. The van der Waals surface area contributed by atoms with Crippen molar-refractivity contribution in [2.75, 3.05) is 39.4 Å². The van der Waals surface area contributed by atoms with Gasteiger partial charge in [0, 0.05) is 30.1 Å². The van der Waals surface area contributed by atoms with Crippen LogP contribution in [0.15, 0.2) is 114 Å². The van der Waals surface area contributed by atoms with E-state index in [-0.39, 0.29) is 23.8 Å². The van der Waals surface area contributed by atoms with Gasteiger partial charge in [-0.2, -0.15) is 0 Å². The highest BCUT2D eigenvalue weighted by Gasteiger charge is 2.42. The van der Waals surface area contributed by atoms with Crippen molar-refractivity contribution in [1.82, 2.24) is 15.2 Å². The second-order valence-corrected chi connectivity index (χ2v) is 14.9. The summed E-state index contributed by atoms with van der Waals surface area (Å²) in [4.78, 5) is 30.5. The average Bonchev–Trinajstić information content (AvgIpc) is 3.23. The summed E-state index contributed by atoms with van der Waals surface area (Å²) in [6.07, 6.45) is 7.23. The molecule has 1 saturated heterocycles. The van der Waals surface area contributed by atoms with Crippen LogP contribution in [0.1, 0.15) is 79.7 Å². The Hall–Kier alpha value is -5.00. The number of carbonyl (C=O) groups excluding carboxylic acids is 1. The number of phenols is 1. The molecule has 0 saturated carbocycles. The molecule has 0 amide bonds. The Balaban J connectivity index is 0.897. The van der Waals surface area contributed by atoms with E-state index in [1.165, 1.54) is 17.7 Å². The molecular weight excluding hydrogens is 707 g/mol. The van der Waals surface area contributed by atoms with Crippen molar-refractivity contribution < 1.29 is 29.6 Å². The van der Waals surface area contributed by atoms with Crippen molar-refractivity contribution in [2.24, 2.45) is 5.92 Å². The van der Waals surface area contributed by atoms with Gasteiger partial charge in [-0.05, 0) is 92.2 Å². The first kappa shape index (κ1) is 40.7. The van der Waals surface area contributed by atoms with Crippen LogP contribution in [0.2, 0.25) is 0 Å². The number of unbranched alkanes of at least 4 members (excludes halogenated alkanes) is 5. The van der Waals surface area contributed by atoms with E-state index >= 15 is 0 Å².